The summed E-state index contributed by atoms with van der Waals surface area (Å²) in [7, 11) is 1.61. The lowest BCUT2D eigenvalue weighted by molar-refractivity contribution is 0.0357. The van der Waals surface area contributed by atoms with Gasteiger partial charge in [0.1, 0.15) is 11.5 Å². The van der Waals surface area contributed by atoms with Crippen molar-refractivity contribution in [3.05, 3.63) is 41.0 Å². The molecule has 2 N–H and O–H groups in total. The second-order valence-corrected chi connectivity index (χ2v) is 8.50. The monoisotopic (exact) mass is 479 g/mol. The molecule has 11 nitrogen and oxygen atoms in total. The highest BCUT2D eigenvalue weighted by molar-refractivity contribution is 6.20. The van der Waals surface area contributed by atoms with Gasteiger partial charge >= 0.3 is 0 Å². The Morgan fingerprint density at radius 2 is 2.03 bits per heavy atom. The summed E-state index contributed by atoms with van der Waals surface area (Å²) in [5.41, 5.74) is 7.70. The Balaban J connectivity index is 1.43. The zero-order chi connectivity index (χ0) is 24.4. The fraction of sp³-hybridized carbons (Fsp3) is 0.458. The summed E-state index contributed by atoms with van der Waals surface area (Å²) in [6.45, 7) is 8.04. The van der Waals surface area contributed by atoms with Crippen molar-refractivity contribution in [3.8, 4) is 11.5 Å². The SMILES string of the molecule is COc1c(OCCCN2CCOCC2)ccc2c1N=C(c1ncc(C(N)=O)c(C)n1)N1CCN=C21. The van der Waals surface area contributed by atoms with Gasteiger partial charge in [-0.1, -0.05) is 0 Å². The van der Waals surface area contributed by atoms with Crippen LogP contribution in [0.4, 0.5) is 5.69 Å². The molecular weight excluding hydrogens is 450 g/mol. The highest BCUT2D eigenvalue weighted by Crippen LogP contribution is 2.43. The number of ether oxygens (including phenoxy) is 3. The molecule has 4 heterocycles. The van der Waals surface area contributed by atoms with Crippen LogP contribution in [-0.4, -0.2) is 97.0 Å². The van der Waals surface area contributed by atoms with Gasteiger partial charge in [0.2, 0.25) is 0 Å². The zero-order valence-corrected chi connectivity index (χ0v) is 20.0. The first-order valence-corrected chi connectivity index (χ1v) is 11.8. The average Bonchev–Trinajstić information content (AvgIpc) is 3.36. The third kappa shape index (κ3) is 4.56. The Morgan fingerprint density at radius 3 is 2.77 bits per heavy atom. The molecule has 0 aliphatic carbocycles. The number of carbonyl (C=O) groups is 1. The number of benzene rings is 1. The van der Waals surface area contributed by atoms with Gasteiger partial charge in [-0.25, -0.2) is 15.0 Å². The number of nitrogens with two attached hydrogens (primary N) is 1. The van der Waals surface area contributed by atoms with Gasteiger partial charge in [-0.15, -0.1) is 0 Å². The molecular formula is C24H29N7O4. The maximum Gasteiger partial charge on any atom is 0.252 e. The molecule has 184 valence electrons. The number of hydrogen-bond donors (Lipinski definition) is 1. The number of morpholine rings is 1. The molecule has 11 heteroatoms. The highest BCUT2D eigenvalue weighted by Gasteiger charge is 2.34. The van der Waals surface area contributed by atoms with Crippen LogP contribution >= 0.6 is 0 Å². The molecule has 1 aromatic heterocycles. The van der Waals surface area contributed by atoms with E-state index in [9.17, 15) is 4.79 Å². The second-order valence-electron chi connectivity index (χ2n) is 8.50. The number of aromatic nitrogens is 2. The van der Waals surface area contributed by atoms with Crippen LogP contribution in [-0.2, 0) is 4.74 Å². The van der Waals surface area contributed by atoms with Crippen molar-refractivity contribution in [3.63, 3.8) is 0 Å². The number of carbonyl (C=O) groups excluding carboxylic acids is 1. The number of nitrogens with zero attached hydrogens (tertiary/aromatic N) is 6. The van der Waals surface area contributed by atoms with Crippen molar-refractivity contribution in [1.29, 1.82) is 0 Å². The van der Waals surface area contributed by atoms with Gasteiger partial charge in [0.25, 0.3) is 5.91 Å². The first-order chi connectivity index (χ1) is 17.1. The first kappa shape index (κ1) is 23.2. The fourth-order valence-electron chi connectivity index (χ4n) is 4.49. The topological polar surface area (TPSA) is 128 Å². The van der Waals surface area contributed by atoms with Crippen LogP contribution in [0.5, 0.6) is 11.5 Å². The maximum atomic E-state index is 11.6. The fourth-order valence-corrected chi connectivity index (χ4v) is 4.49. The van der Waals surface area contributed by atoms with Gasteiger partial charge in [0.15, 0.2) is 23.2 Å². The van der Waals surface area contributed by atoms with Gasteiger partial charge in [-0.05, 0) is 25.5 Å². The second kappa shape index (κ2) is 9.96. The van der Waals surface area contributed by atoms with Crippen molar-refractivity contribution >= 4 is 23.3 Å². The summed E-state index contributed by atoms with van der Waals surface area (Å²) in [5.74, 6) is 2.35. The highest BCUT2D eigenvalue weighted by atomic mass is 16.5. The summed E-state index contributed by atoms with van der Waals surface area (Å²) < 4.78 is 17.3. The van der Waals surface area contributed by atoms with Crippen LogP contribution in [0, 0.1) is 6.92 Å². The van der Waals surface area contributed by atoms with E-state index in [0.29, 0.717) is 54.2 Å². The third-order valence-electron chi connectivity index (χ3n) is 6.28. The summed E-state index contributed by atoms with van der Waals surface area (Å²) >= 11 is 0. The molecule has 0 spiro atoms. The van der Waals surface area contributed by atoms with E-state index < -0.39 is 5.91 Å². The Kier molecular flexibility index (Phi) is 6.60. The predicted molar refractivity (Wildman–Crippen MR) is 130 cm³/mol. The Morgan fingerprint density at radius 1 is 1.20 bits per heavy atom. The summed E-state index contributed by atoms with van der Waals surface area (Å²) in [6.07, 6.45) is 2.34. The number of amidine groups is 2. The average molecular weight is 480 g/mol. The number of hydrogen-bond acceptors (Lipinski definition) is 10. The lowest BCUT2D eigenvalue weighted by Gasteiger charge is -2.28. The van der Waals surface area contributed by atoms with Crippen LogP contribution in [0.25, 0.3) is 0 Å². The summed E-state index contributed by atoms with van der Waals surface area (Å²) in [5, 5.41) is 0. The standard InChI is InChI=1S/C24H29N7O4/c1-15-17(21(25)32)14-27-22(28-15)24-29-19-16(23-26-6-8-31(23)24)4-5-18(20(19)33-2)35-11-3-7-30-9-12-34-13-10-30/h4-5,14H,3,6-13H2,1-2H3,(H2,25,32). The smallest absolute Gasteiger partial charge is 0.252 e. The maximum absolute atomic E-state index is 11.6. The first-order valence-electron chi connectivity index (χ1n) is 11.8. The number of aliphatic imine (C=N–C) groups is 2. The Hall–Kier alpha value is -3.57. The molecule has 0 bridgehead atoms. The van der Waals surface area contributed by atoms with Crippen LogP contribution in [0.2, 0.25) is 0 Å². The van der Waals surface area contributed by atoms with Crippen molar-refractivity contribution < 1.29 is 19.0 Å². The Labute approximate surface area is 203 Å². The number of fused-ring (bicyclic) bond motifs is 3. The molecule has 1 amide bonds. The van der Waals surface area contributed by atoms with E-state index in [4.69, 9.17) is 29.9 Å². The van der Waals surface area contributed by atoms with Crippen LogP contribution < -0.4 is 15.2 Å². The number of methoxy groups -OCH3 is 1. The molecule has 35 heavy (non-hydrogen) atoms. The van der Waals surface area contributed by atoms with E-state index in [1.807, 2.05) is 17.0 Å². The lowest BCUT2D eigenvalue weighted by atomic mass is 10.1. The van der Waals surface area contributed by atoms with Gasteiger partial charge in [0.05, 0.1) is 44.7 Å². The molecule has 0 saturated carbocycles. The molecule has 0 atom stereocenters. The van der Waals surface area contributed by atoms with Gasteiger partial charge in [0, 0.05) is 37.9 Å². The van der Waals surface area contributed by atoms with Crippen molar-refractivity contribution in [1.82, 2.24) is 19.8 Å². The van der Waals surface area contributed by atoms with E-state index in [2.05, 4.69) is 14.9 Å². The third-order valence-corrected chi connectivity index (χ3v) is 6.28. The van der Waals surface area contributed by atoms with E-state index >= 15 is 0 Å². The van der Waals surface area contributed by atoms with Gasteiger partial charge in [-0.2, -0.15) is 0 Å². The molecule has 1 fully saturated rings. The van der Waals surface area contributed by atoms with Crippen LogP contribution in [0.3, 0.4) is 0 Å². The van der Waals surface area contributed by atoms with E-state index in [1.54, 1.807) is 14.0 Å². The molecule has 0 radical (unpaired) electrons. The number of primary amides is 1. The van der Waals surface area contributed by atoms with Crippen molar-refractivity contribution in [2.24, 2.45) is 15.7 Å². The minimum atomic E-state index is -0.564. The zero-order valence-electron chi connectivity index (χ0n) is 20.0. The summed E-state index contributed by atoms with van der Waals surface area (Å²) in [4.78, 5) is 34.5. The van der Waals surface area contributed by atoms with E-state index in [0.717, 1.165) is 50.7 Å². The number of aryl methyl sites for hydroxylation is 1. The Bertz CT molecular complexity index is 1190. The molecule has 1 saturated heterocycles. The molecule has 3 aliphatic rings. The largest absolute Gasteiger partial charge is 0.491 e. The minimum absolute atomic E-state index is 0.284. The van der Waals surface area contributed by atoms with Crippen LogP contribution in [0.1, 0.15) is 33.9 Å². The number of amides is 1. The van der Waals surface area contributed by atoms with Crippen molar-refractivity contribution in [2.75, 3.05) is 59.7 Å². The van der Waals surface area contributed by atoms with Crippen LogP contribution in [0.15, 0.2) is 28.3 Å². The normalized spacial score (nSPS) is 17.4. The van der Waals surface area contributed by atoms with Gasteiger partial charge < -0.3 is 24.8 Å². The minimum Gasteiger partial charge on any atom is -0.491 e. The van der Waals surface area contributed by atoms with Crippen molar-refractivity contribution in [2.45, 2.75) is 13.3 Å². The molecule has 1 aromatic carbocycles. The summed E-state index contributed by atoms with van der Waals surface area (Å²) in [6, 6.07) is 3.88. The predicted octanol–water partition coefficient (Wildman–Crippen LogP) is 1.15. The molecule has 3 aliphatic heterocycles. The molecule has 5 rings (SSSR count). The van der Waals surface area contributed by atoms with E-state index in [-0.39, 0.29) is 5.56 Å². The molecule has 2 aromatic rings. The number of rotatable bonds is 8. The lowest BCUT2D eigenvalue weighted by Crippen LogP contribution is -2.39. The van der Waals surface area contributed by atoms with Gasteiger partial charge in [-0.3, -0.25) is 14.7 Å². The molecule has 0 unspecified atom stereocenters. The van der Waals surface area contributed by atoms with E-state index in [1.165, 1.54) is 6.20 Å². The quantitative estimate of drug-likeness (QED) is 0.559.